The molecule has 126 valence electrons. The molecule has 2 heterocycles. The molecule has 1 unspecified atom stereocenters. The maximum absolute atomic E-state index is 12.4. The van der Waals surface area contributed by atoms with Crippen LogP contribution in [0.4, 0.5) is 8.78 Å². The van der Waals surface area contributed by atoms with Crippen molar-refractivity contribution >= 4 is 22.2 Å². The number of H-pyrrole nitrogens is 1. The van der Waals surface area contributed by atoms with Crippen molar-refractivity contribution in [2.45, 2.75) is 17.5 Å². The number of halogens is 2. The monoisotopic (exact) mass is 353 g/mol. The third-order valence-electron chi connectivity index (χ3n) is 3.18. The molecule has 1 atom stereocenters. The molecule has 2 aromatic heterocycles. The molecule has 1 aromatic carbocycles. The van der Waals surface area contributed by atoms with Gasteiger partial charge >= 0.3 is 11.8 Å². The maximum Gasteiger partial charge on any atom is 0.387 e. The Hall–Kier alpha value is -2.39. The molecular weight excluding hydrogens is 340 g/mol. The fraction of sp³-hybridized carbons (Fsp3) is 0.200. The largest absolute Gasteiger partial charge is 0.609 e. The van der Waals surface area contributed by atoms with Gasteiger partial charge in [0.05, 0.1) is 23.8 Å². The molecule has 0 amide bonds. The highest BCUT2D eigenvalue weighted by molar-refractivity contribution is 7.90. The van der Waals surface area contributed by atoms with E-state index in [1.807, 2.05) is 0 Å². The lowest BCUT2D eigenvalue weighted by Crippen LogP contribution is -2.08. The third-order valence-corrected chi connectivity index (χ3v) is 4.36. The molecule has 3 aromatic rings. The molecule has 0 aliphatic rings. The second-order valence-electron chi connectivity index (χ2n) is 4.78. The molecule has 0 spiro atoms. The maximum atomic E-state index is 12.4. The number of aromatic amines is 1. The number of hydrogen-bond donors (Lipinski definition) is 1. The van der Waals surface area contributed by atoms with E-state index in [4.69, 9.17) is 4.74 Å². The minimum Gasteiger partial charge on any atom is -0.609 e. The number of alkyl halides is 2. The molecule has 0 radical (unpaired) electrons. The molecule has 24 heavy (non-hydrogen) atoms. The van der Waals surface area contributed by atoms with Gasteiger partial charge in [-0.25, -0.2) is 0 Å². The number of benzene rings is 1. The average Bonchev–Trinajstić information content (AvgIpc) is 2.98. The van der Waals surface area contributed by atoms with E-state index in [1.54, 1.807) is 24.4 Å². The molecule has 0 aliphatic heterocycles. The quantitative estimate of drug-likeness (QED) is 0.689. The van der Waals surface area contributed by atoms with E-state index < -0.39 is 17.8 Å². The minimum atomic E-state index is -2.91. The van der Waals surface area contributed by atoms with Crippen LogP contribution in [0.1, 0.15) is 5.69 Å². The van der Waals surface area contributed by atoms with E-state index in [2.05, 4.69) is 19.7 Å². The first-order valence-electron chi connectivity index (χ1n) is 6.87. The second-order valence-corrected chi connectivity index (χ2v) is 6.14. The van der Waals surface area contributed by atoms with Crippen molar-refractivity contribution in [3.63, 3.8) is 0 Å². The van der Waals surface area contributed by atoms with Crippen LogP contribution in [0.5, 0.6) is 11.5 Å². The van der Waals surface area contributed by atoms with E-state index >= 15 is 0 Å². The Bertz CT molecular complexity index is 844. The van der Waals surface area contributed by atoms with Crippen LogP contribution >= 0.6 is 0 Å². The van der Waals surface area contributed by atoms with E-state index in [1.165, 1.54) is 19.2 Å². The van der Waals surface area contributed by atoms with Crippen molar-refractivity contribution < 1.29 is 22.8 Å². The van der Waals surface area contributed by atoms with Crippen molar-refractivity contribution in [1.82, 2.24) is 15.0 Å². The highest BCUT2D eigenvalue weighted by atomic mass is 32.2. The van der Waals surface area contributed by atoms with Gasteiger partial charge in [0.2, 0.25) is 0 Å². The first kappa shape index (κ1) is 16.5. The summed E-state index contributed by atoms with van der Waals surface area (Å²) >= 11 is -1.47. The standard InChI is InChI=1S/C15H13F2N3O3S/c1-22-10-4-5-18-9(6-10)8-24(21)15-19-12-3-2-11(23-14(16)17)7-13(12)20-15/h2-7,14H,8H2,1H3,(H,19,20). The van der Waals surface area contributed by atoms with Crippen molar-refractivity contribution in [3.05, 3.63) is 42.2 Å². The molecule has 0 saturated carbocycles. The number of nitrogens with one attached hydrogen (secondary N) is 1. The predicted octanol–water partition coefficient (Wildman–Crippen LogP) is 2.88. The van der Waals surface area contributed by atoms with Crippen molar-refractivity contribution in [2.24, 2.45) is 0 Å². The lowest BCUT2D eigenvalue weighted by Gasteiger charge is -2.07. The van der Waals surface area contributed by atoms with Gasteiger partial charge in [0, 0.05) is 29.5 Å². The number of hydrogen-bond acceptors (Lipinski definition) is 5. The number of fused-ring (bicyclic) bond motifs is 1. The Balaban J connectivity index is 1.80. The van der Waals surface area contributed by atoms with Crippen LogP contribution in [0, 0.1) is 0 Å². The Morgan fingerprint density at radius 2 is 2.08 bits per heavy atom. The molecule has 3 rings (SSSR count). The van der Waals surface area contributed by atoms with Crippen LogP contribution in [0.15, 0.2) is 41.7 Å². The fourth-order valence-corrected chi connectivity index (χ4v) is 3.10. The zero-order valence-electron chi connectivity index (χ0n) is 12.5. The Morgan fingerprint density at radius 1 is 1.25 bits per heavy atom. The summed E-state index contributed by atoms with van der Waals surface area (Å²) < 4.78 is 46.3. The van der Waals surface area contributed by atoms with Gasteiger partial charge in [-0.05, 0) is 18.2 Å². The third kappa shape index (κ3) is 3.74. The molecule has 0 saturated heterocycles. The molecule has 9 heteroatoms. The van der Waals surface area contributed by atoms with Crippen molar-refractivity contribution in [2.75, 3.05) is 7.11 Å². The first-order chi connectivity index (χ1) is 11.5. The summed E-state index contributed by atoms with van der Waals surface area (Å²) in [6, 6.07) is 7.68. The molecule has 0 bridgehead atoms. The summed E-state index contributed by atoms with van der Waals surface area (Å²) in [5, 5.41) is 0.240. The number of nitrogens with zero attached hydrogens (tertiary/aromatic N) is 2. The van der Waals surface area contributed by atoms with Gasteiger partial charge in [-0.1, -0.05) is 0 Å². The van der Waals surface area contributed by atoms with Crippen LogP contribution in [0.2, 0.25) is 0 Å². The lowest BCUT2D eigenvalue weighted by atomic mass is 10.3. The van der Waals surface area contributed by atoms with Gasteiger partial charge < -0.3 is 14.0 Å². The van der Waals surface area contributed by atoms with E-state index in [9.17, 15) is 13.3 Å². The number of pyridine rings is 1. The van der Waals surface area contributed by atoms with Gasteiger partial charge in [-0.2, -0.15) is 13.8 Å². The molecule has 0 fully saturated rings. The van der Waals surface area contributed by atoms with Gasteiger partial charge in [-0.3, -0.25) is 9.97 Å². The summed E-state index contributed by atoms with van der Waals surface area (Å²) in [5.74, 6) is 0.767. The van der Waals surface area contributed by atoms with Crippen LogP contribution < -0.4 is 9.47 Å². The fourth-order valence-electron chi connectivity index (χ4n) is 2.11. The Labute approximate surface area is 139 Å². The number of rotatable bonds is 6. The average molecular weight is 353 g/mol. The summed E-state index contributed by atoms with van der Waals surface area (Å²) in [7, 11) is 1.54. The normalized spacial score (nSPS) is 12.5. The molecule has 1 N–H and O–H groups in total. The van der Waals surface area contributed by atoms with E-state index in [0.717, 1.165) is 0 Å². The van der Waals surface area contributed by atoms with E-state index in [-0.39, 0.29) is 16.7 Å². The highest BCUT2D eigenvalue weighted by Gasteiger charge is 2.19. The van der Waals surface area contributed by atoms with Crippen molar-refractivity contribution in [1.29, 1.82) is 0 Å². The van der Waals surface area contributed by atoms with Gasteiger partial charge in [0.25, 0.3) is 0 Å². The van der Waals surface area contributed by atoms with Gasteiger partial charge in [0.15, 0.2) is 5.75 Å². The van der Waals surface area contributed by atoms with Crippen LogP contribution in [-0.4, -0.2) is 33.2 Å². The molecule has 0 aliphatic carbocycles. The van der Waals surface area contributed by atoms with Crippen LogP contribution in [0.3, 0.4) is 0 Å². The second kappa shape index (κ2) is 7.02. The Kier molecular flexibility index (Phi) is 4.81. The first-order valence-corrected chi connectivity index (χ1v) is 8.19. The number of methoxy groups -OCH3 is 1. The predicted molar refractivity (Wildman–Crippen MR) is 83.6 cm³/mol. The summed E-state index contributed by atoms with van der Waals surface area (Å²) in [6.45, 7) is -2.91. The summed E-state index contributed by atoms with van der Waals surface area (Å²) in [6.07, 6.45) is 1.57. The minimum absolute atomic E-state index is 0.00389. The molecular formula is C15H13F2N3O3S. The van der Waals surface area contributed by atoms with Crippen LogP contribution in [0.25, 0.3) is 11.0 Å². The van der Waals surface area contributed by atoms with Crippen LogP contribution in [-0.2, 0) is 16.9 Å². The van der Waals surface area contributed by atoms with Gasteiger partial charge in [-0.15, -0.1) is 0 Å². The summed E-state index contributed by atoms with van der Waals surface area (Å²) in [4.78, 5) is 11.2. The number of aromatic nitrogens is 3. The summed E-state index contributed by atoms with van der Waals surface area (Å²) in [5.41, 5.74) is 1.57. The van der Waals surface area contributed by atoms with E-state index in [0.29, 0.717) is 22.5 Å². The number of imidazole rings is 1. The highest BCUT2D eigenvalue weighted by Crippen LogP contribution is 2.23. The molecule has 6 nitrogen and oxygen atoms in total. The van der Waals surface area contributed by atoms with Crippen molar-refractivity contribution in [3.8, 4) is 11.5 Å². The van der Waals surface area contributed by atoms with Gasteiger partial charge in [0.1, 0.15) is 11.5 Å². The topological polar surface area (TPSA) is 83.1 Å². The zero-order valence-corrected chi connectivity index (χ0v) is 13.3. The smallest absolute Gasteiger partial charge is 0.387 e. The zero-order chi connectivity index (χ0) is 17.1. The lowest BCUT2D eigenvalue weighted by molar-refractivity contribution is -0.0497. The number of ether oxygens (including phenoxy) is 2. The SMILES string of the molecule is COc1ccnc(C[S+]([O-])c2nc3cc(OC(F)F)ccc3[nH]2)c1. The Morgan fingerprint density at radius 3 is 2.83 bits per heavy atom.